The summed E-state index contributed by atoms with van der Waals surface area (Å²) >= 11 is 0. The second-order valence-corrected chi connectivity index (χ2v) is 5.35. The number of anilines is 1. The van der Waals surface area contributed by atoms with Gasteiger partial charge in [-0.25, -0.2) is 0 Å². The Hall–Kier alpha value is -2.62. The molecule has 0 spiro atoms. The van der Waals surface area contributed by atoms with Gasteiger partial charge in [-0.2, -0.15) is 0 Å². The Bertz CT molecular complexity index is 709. The summed E-state index contributed by atoms with van der Waals surface area (Å²) in [6, 6.07) is 14.6. The molecule has 1 N–H and O–H groups in total. The first-order valence-electron chi connectivity index (χ1n) is 7.67. The zero-order chi connectivity index (χ0) is 16.8. The van der Waals surface area contributed by atoms with Crippen LogP contribution < -0.4 is 10.1 Å². The van der Waals surface area contributed by atoms with Gasteiger partial charge in [0.05, 0.1) is 5.69 Å². The highest BCUT2D eigenvalue weighted by atomic mass is 16.5. The highest BCUT2D eigenvalue weighted by molar-refractivity contribution is 6.04. The average Bonchev–Trinajstić information content (AvgIpc) is 2.55. The van der Waals surface area contributed by atoms with Gasteiger partial charge >= 0.3 is 0 Å². The number of nitrogens with one attached hydrogen (secondary N) is 1. The molecule has 0 aliphatic carbocycles. The number of amides is 1. The van der Waals surface area contributed by atoms with E-state index in [-0.39, 0.29) is 11.7 Å². The molecule has 4 nitrogen and oxygen atoms in total. The Balaban J connectivity index is 2.07. The molecule has 1 atom stereocenters. The second-order valence-electron chi connectivity index (χ2n) is 5.35. The van der Waals surface area contributed by atoms with E-state index in [0.29, 0.717) is 17.0 Å². The van der Waals surface area contributed by atoms with Crippen LogP contribution in [0.3, 0.4) is 0 Å². The maximum atomic E-state index is 12.3. The van der Waals surface area contributed by atoms with Crippen molar-refractivity contribution in [2.45, 2.75) is 33.3 Å². The topological polar surface area (TPSA) is 55.4 Å². The van der Waals surface area contributed by atoms with Gasteiger partial charge in [-0.3, -0.25) is 9.59 Å². The van der Waals surface area contributed by atoms with Crippen LogP contribution in [0.1, 0.15) is 36.7 Å². The standard InChI is InChI=1S/C19H21NO3/c1-4-15-8-7-9-16(12-15)23-14(3)19(22)20-18-11-6-5-10-17(18)13(2)21/h5-12,14H,4H2,1-3H3,(H,20,22). The van der Waals surface area contributed by atoms with Gasteiger partial charge < -0.3 is 10.1 Å². The number of carbonyl (C=O) groups is 2. The van der Waals surface area contributed by atoms with E-state index in [1.54, 1.807) is 31.2 Å². The molecule has 23 heavy (non-hydrogen) atoms. The summed E-state index contributed by atoms with van der Waals surface area (Å²) < 4.78 is 5.69. The molecule has 0 saturated carbocycles. The predicted molar refractivity (Wildman–Crippen MR) is 91.0 cm³/mol. The highest BCUT2D eigenvalue weighted by Gasteiger charge is 2.17. The van der Waals surface area contributed by atoms with Crippen LogP contribution in [-0.4, -0.2) is 17.8 Å². The zero-order valence-corrected chi connectivity index (χ0v) is 13.6. The normalized spacial score (nSPS) is 11.6. The summed E-state index contributed by atoms with van der Waals surface area (Å²) in [6.45, 7) is 5.22. The molecule has 2 rings (SSSR count). The lowest BCUT2D eigenvalue weighted by molar-refractivity contribution is -0.122. The van der Waals surface area contributed by atoms with E-state index in [9.17, 15) is 9.59 Å². The molecular weight excluding hydrogens is 290 g/mol. The van der Waals surface area contributed by atoms with Crippen LogP contribution in [0, 0.1) is 0 Å². The number of ether oxygens (including phenoxy) is 1. The third-order valence-electron chi connectivity index (χ3n) is 3.55. The molecule has 0 bridgehead atoms. The number of para-hydroxylation sites is 1. The fraction of sp³-hybridized carbons (Fsp3) is 0.263. The van der Waals surface area contributed by atoms with Gasteiger partial charge in [-0.05, 0) is 50.1 Å². The third kappa shape index (κ3) is 4.42. The molecule has 0 aromatic heterocycles. The quantitative estimate of drug-likeness (QED) is 0.824. The van der Waals surface area contributed by atoms with Gasteiger partial charge in [0.2, 0.25) is 0 Å². The number of rotatable bonds is 6. The summed E-state index contributed by atoms with van der Waals surface area (Å²) in [5, 5.41) is 2.76. The van der Waals surface area contributed by atoms with Crippen molar-refractivity contribution < 1.29 is 14.3 Å². The largest absolute Gasteiger partial charge is 0.481 e. The molecule has 1 unspecified atom stereocenters. The number of benzene rings is 2. The van der Waals surface area contributed by atoms with E-state index in [2.05, 4.69) is 12.2 Å². The van der Waals surface area contributed by atoms with Crippen LogP contribution in [0.2, 0.25) is 0 Å². The molecule has 2 aromatic carbocycles. The van der Waals surface area contributed by atoms with Gasteiger partial charge in [-0.15, -0.1) is 0 Å². The fourth-order valence-electron chi connectivity index (χ4n) is 2.23. The summed E-state index contributed by atoms with van der Waals surface area (Å²) in [7, 11) is 0. The molecule has 0 aliphatic rings. The summed E-state index contributed by atoms with van der Waals surface area (Å²) in [6.07, 6.45) is 0.242. The smallest absolute Gasteiger partial charge is 0.265 e. The van der Waals surface area contributed by atoms with E-state index in [1.807, 2.05) is 24.3 Å². The van der Waals surface area contributed by atoms with Crippen molar-refractivity contribution in [1.29, 1.82) is 0 Å². The lowest BCUT2D eigenvalue weighted by Gasteiger charge is -2.16. The molecule has 120 valence electrons. The minimum absolute atomic E-state index is 0.0925. The summed E-state index contributed by atoms with van der Waals surface area (Å²) in [4.78, 5) is 23.9. The Morgan fingerprint density at radius 3 is 2.57 bits per heavy atom. The van der Waals surface area contributed by atoms with Gasteiger partial charge in [0, 0.05) is 5.56 Å². The fourth-order valence-corrected chi connectivity index (χ4v) is 2.23. The first-order valence-corrected chi connectivity index (χ1v) is 7.67. The average molecular weight is 311 g/mol. The Morgan fingerprint density at radius 1 is 1.13 bits per heavy atom. The number of carbonyl (C=O) groups excluding carboxylic acids is 2. The van der Waals surface area contributed by atoms with Crippen molar-refractivity contribution in [2.75, 3.05) is 5.32 Å². The lowest BCUT2D eigenvalue weighted by atomic mass is 10.1. The van der Waals surface area contributed by atoms with Crippen LogP contribution in [0.4, 0.5) is 5.69 Å². The van der Waals surface area contributed by atoms with Gasteiger partial charge in [0.15, 0.2) is 11.9 Å². The first kappa shape index (κ1) is 16.7. The molecule has 0 aliphatic heterocycles. The summed E-state index contributed by atoms with van der Waals surface area (Å²) in [5.41, 5.74) is 2.14. The number of hydrogen-bond donors (Lipinski definition) is 1. The van der Waals surface area contributed by atoms with Gasteiger partial charge in [0.25, 0.3) is 5.91 Å². The Kier molecular flexibility index (Phi) is 5.52. The van der Waals surface area contributed by atoms with Crippen LogP contribution in [0.15, 0.2) is 48.5 Å². The van der Waals surface area contributed by atoms with E-state index < -0.39 is 6.10 Å². The van der Waals surface area contributed by atoms with E-state index in [0.717, 1.165) is 12.0 Å². The second kappa shape index (κ2) is 7.58. The number of aryl methyl sites for hydroxylation is 1. The molecular formula is C19H21NO3. The number of hydrogen-bond acceptors (Lipinski definition) is 3. The Morgan fingerprint density at radius 2 is 1.87 bits per heavy atom. The van der Waals surface area contributed by atoms with Crippen LogP contribution >= 0.6 is 0 Å². The van der Waals surface area contributed by atoms with E-state index >= 15 is 0 Å². The number of Topliss-reactive ketones (excluding diaryl/α,β-unsaturated/α-hetero) is 1. The minimum Gasteiger partial charge on any atom is -0.481 e. The van der Waals surface area contributed by atoms with E-state index in [1.165, 1.54) is 6.92 Å². The van der Waals surface area contributed by atoms with Crippen molar-refractivity contribution in [2.24, 2.45) is 0 Å². The summed E-state index contributed by atoms with van der Waals surface area (Å²) in [5.74, 6) is 0.276. The number of ketones is 1. The minimum atomic E-state index is -0.665. The zero-order valence-electron chi connectivity index (χ0n) is 13.6. The van der Waals surface area contributed by atoms with Crippen molar-refractivity contribution in [1.82, 2.24) is 0 Å². The molecule has 0 radical (unpaired) electrons. The molecule has 4 heteroatoms. The van der Waals surface area contributed by atoms with Crippen LogP contribution in [-0.2, 0) is 11.2 Å². The van der Waals surface area contributed by atoms with Gasteiger partial charge in [-0.1, -0.05) is 31.2 Å². The molecule has 0 saturated heterocycles. The first-order chi connectivity index (χ1) is 11.0. The lowest BCUT2D eigenvalue weighted by Crippen LogP contribution is -2.30. The molecule has 0 fully saturated rings. The van der Waals surface area contributed by atoms with E-state index in [4.69, 9.17) is 4.74 Å². The van der Waals surface area contributed by atoms with Crippen LogP contribution in [0.5, 0.6) is 5.75 Å². The SMILES string of the molecule is CCc1cccc(OC(C)C(=O)Nc2ccccc2C(C)=O)c1. The molecule has 2 aromatic rings. The van der Waals surface area contributed by atoms with Gasteiger partial charge in [0.1, 0.15) is 5.75 Å². The molecule has 1 amide bonds. The van der Waals surface area contributed by atoms with Crippen LogP contribution in [0.25, 0.3) is 0 Å². The van der Waals surface area contributed by atoms with Crippen molar-refractivity contribution >= 4 is 17.4 Å². The molecule has 0 heterocycles. The highest BCUT2D eigenvalue weighted by Crippen LogP contribution is 2.18. The third-order valence-corrected chi connectivity index (χ3v) is 3.55. The predicted octanol–water partition coefficient (Wildman–Crippen LogP) is 3.86. The van der Waals surface area contributed by atoms with Crippen molar-refractivity contribution in [3.63, 3.8) is 0 Å². The Labute approximate surface area is 136 Å². The maximum absolute atomic E-state index is 12.3. The monoisotopic (exact) mass is 311 g/mol. The van der Waals surface area contributed by atoms with Crippen molar-refractivity contribution in [3.8, 4) is 5.75 Å². The maximum Gasteiger partial charge on any atom is 0.265 e. The van der Waals surface area contributed by atoms with Crippen molar-refractivity contribution in [3.05, 3.63) is 59.7 Å².